The van der Waals surface area contributed by atoms with E-state index in [9.17, 15) is 9.59 Å². The van der Waals surface area contributed by atoms with Gasteiger partial charge in [-0.2, -0.15) is 0 Å². The van der Waals surface area contributed by atoms with E-state index in [-0.39, 0.29) is 18.4 Å². The number of aliphatic carboxylic acids is 1. The lowest BCUT2D eigenvalue weighted by Gasteiger charge is -2.14. The molecule has 0 bridgehead atoms. The third-order valence-corrected chi connectivity index (χ3v) is 2.65. The first kappa shape index (κ1) is 13.6. The van der Waals surface area contributed by atoms with Crippen LogP contribution in [0.25, 0.3) is 0 Å². The molecule has 1 aromatic rings. The van der Waals surface area contributed by atoms with Gasteiger partial charge in [-0.3, -0.25) is 14.6 Å². The average molecular weight is 301 g/mol. The first-order valence-corrected chi connectivity index (χ1v) is 5.95. The minimum absolute atomic E-state index is 0.0797. The van der Waals surface area contributed by atoms with E-state index in [4.69, 9.17) is 5.11 Å². The van der Waals surface area contributed by atoms with Crippen molar-refractivity contribution in [3.8, 4) is 0 Å². The van der Waals surface area contributed by atoms with Crippen LogP contribution in [-0.4, -0.2) is 28.0 Å². The van der Waals surface area contributed by atoms with Crippen LogP contribution in [0.15, 0.2) is 22.9 Å². The number of rotatable bonds is 5. The fraction of sp³-hybridized carbons (Fsp3) is 0.364. The summed E-state index contributed by atoms with van der Waals surface area (Å²) in [6, 6.07) is 1.27. The molecule has 0 aliphatic carbocycles. The lowest BCUT2D eigenvalue weighted by molar-refractivity contribution is -0.137. The van der Waals surface area contributed by atoms with E-state index >= 15 is 0 Å². The highest BCUT2D eigenvalue weighted by atomic mass is 79.9. The van der Waals surface area contributed by atoms with Crippen LogP contribution in [0.1, 0.15) is 30.1 Å². The number of pyridine rings is 1. The molecule has 1 unspecified atom stereocenters. The first-order valence-electron chi connectivity index (χ1n) is 5.16. The Balaban J connectivity index is 2.67. The second kappa shape index (κ2) is 6.34. The molecule has 6 heteroatoms. The van der Waals surface area contributed by atoms with Gasteiger partial charge in [-0.05, 0) is 28.4 Å². The van der Waals surface area contributed by atoms with Gasteiger partial charge in [-0.1, -0.05) is 6.92 Å². The van der Waals surface area contributed by atoms with Gasteiger partial charge >= 0.3 is 5.97 Å². The number of hydrogen-bond acceptors (Lipinski definition) is 3. The molecule has 1 aromatic heterocycles. The van der Waals surface area contributed by atoms with Crippen LogP contribution in [0.4, 0.5) is 0 Å². The Morgan fingerprint density at radius 2 is 2.24 bits per heavy atom. The largest absolute Gasteiger partial charge is 0.481 e. The molecule has 0 saturated carbocycles. The van der Waals surface area contributed by atoms with Crippen molar-refractivity contribution in [2.24, 2.45) is 0 Å². The number of halogens is 1. The van der Waals surface area contributed by atoms with Gasteiger partial charge in [0, 0.05) is 22.9 Å². The van der Waals surface area contributed by atoms with Crippen molar-refractivity contribution in [3.05, 3.63) is 28.5 Å². The van der Waals surface area contributed by atoms with Gasteiger partial charge in [0.25, 0.3) is 5.91 Å². The van der Waals surface area contributed by atoms with Gasteiger partial charge in [0.2, 0.25) is 0 Å². The lowest BCUT2D eigenvalue weighted by atomic mass is 10.1. The highest BCUT2D eigenvalue weighted by Crippen LogP contribution is 2.10. The van der Waals surface area contributed by atoms with Crippen molar-refractivity contribution < 1.29 is 14.7 Å². The molecule has 1 heterocycles. The zero-order valence-corrected chi connectivity index (χ0v) is 10.9. The molecule has 17 heavy (non-hydrogen) atoms. The number of nitrogens with zero attached hydrogens (tertiary/aromatic N) is 1. The number of nitrogens with one attached hydrogen (secondary N) is 1. The number of carboxylic acids is 1. The Labute approximate surface area is 107 Å². The molecule has 5 nitrogen and oxygen atoms in total. The number of amides is 1. The molecule has 0 saturated heterocycles. The number of carboxylic acid groups (broad SMARTS) is 1. The van der Waals surface area contributed by atoms with E-state index in [1.165, 1.54) is 6.20 Å². The summed E-state index contributed by atoms with van der Waals surface area (Å²) in [6.45, 7) is 1.83. The van der Waals surface area contributed by atoms with E-state index in [2.05, 4.69) is 26.2 Å². The van der Waals surface area contributed by atoms with Crippen LogP contribution < -0.4 is 5.32 Å². The van der Waals surface area contributed by atoms with Crippen molar-refractivity contribution in [1.29, 1.82) is 0 Å². The Kier molecular flexibility index (Phi) is 5.09. The average Bonchev–Trinajstić information content (AvgIpc) is 2.27. The van der Waals surface area contributed by atoms with Gasteiger partial charge in [0.1, 0.15) is 0 Å². The molecule has 0 fully saturated rings. The topological polar surface area (TPSA) is 79.3 Å². The molecule has 1 atom stereocenters. The van der Waals surface area contributed by atoms with Crippen LogP contribution in [0.3, 0.4) is 0 Å². The van der Waals surface area contributed by atoms with Crippen molar-refractivity contribution in [2.45, 2.75) is 25.8 Å². The Morgan fingerprint density at radius 3 is 2.76 bits per heavy atom. The molecule has 0 aromatic carbocycles. The second-order valence-electron chi connectivity index (χ2n) is 3.57. The third-order valence-electron chi connectivity index (χ3n) is 2.22. The first-order chi connectivity index (χ1) is 8.02. The monoisotopic (exact) mass is 300 g/mol. The van der Waals surface area contributed by atoms with Gasteiger partial charge < -0.3 is 10.4 Å². The summed E-state index contributed by atoms with van der Waals surface area (Å²) in [6.07, 6.45) is 3.50. The fourth-order valence-corrected chi connectivity index (χ4v) is 1.68. The summed E-state index contributed by atoms with van der Waals surface area (Å²) in [4.78, 5) is 26.2. The number of hydrogen-bond donors (Lipinski definition) is 2. The Hall–Kier alpha value is -1.43. The molecule has 0 radical (unpaired) electrons. The molecular weight excluding hydrogens is 288 g/mol. The Bertz CT molecular complexity index is 423. The summed E-state index contributed by atoms with van der Waals surface area (Å²) < 4.78 is 0.705. The Morgan fingerprint density at radius 1 is 1.53 bits per heavy atom. The van der Waals surface area contributed by atoms with Crippen molar-refractivity contribution >= 4 is 27.8 Å². The maximum Gasteiger partial charge on any atom is 0.305 e. The van der Waals surface area contributed by atoms with Gasteiger partial charge in [-0.15, -0.1) is 0 Å². The van der Waals surface area contributed by atoms with Crippen molar-refractivity contribution in [3.63, 3.8) is 0 Å². The normalized spacial score (nSPS) is 11.9. The van der Waals surface area contributed by atoms with Crippen LogP contribution in [0, 0.1) is 0 Å². The molecule has 0 aliphatic rings. The minimum atomic E-state index is -0.926. The number of carbonyl (C=O) groups excluding carboxylic acids is 1. The molecule has 92 valence electrons. The molecule has 1 amide bonds. The predicted octanol–water partition coefficient (Wildman–Crippen LogP) is 1.83. The summed E-state index contributed by atoms with van der Waals surface area (Å²) >= 11 is 3.22. The standard InChI is InChI=1S/C11H13BrN2O3/c1-2-9(4-10(15)16)14-11(17)7-3-8(12)6-13-5-7/h3,5-6,9H,2,4H2,1H3,(H,14,17)(H,15,16). The summed E-state index contributed by atoms with van der Waals surface area (Å²) in [5.74, 6) is -1.24. The summed E-state index contributed by atoms with van der Waals surface area (Å²) in [5.41, 5.74) is 0.406. The van der Waals surface area contributed by atoms with Gasteiger partial charge in [0.05, 0.1) is 12.0 Å². The highest BCUT2D eigenvalue weighted by Gasteiger charge is 2.15. The number of aromatic nitrogens is 1. The SMILES string of the molecule is CCC(CC(=O)O)NC(=O)c1cncc(Br)c1. The van der Waals surface area contributed by atoms with E-state index in [1.807, 2.05) is 6.92 Å². The van der Waals surface area contributed by atoms with Crippen molar-refractivity contribution in [2.75, 3.05) is 0 Å². The van der Waals surface area contributed by atoms with Crippen molar-refractivity contribution in [1.82, 2.24) is 10.3 Å². The van der Waals surface area contributed by atoms with Crippen LogP contribution in [-0.2, 0) is 4.79 Å². The molecule has 0 aliphatic heterocycles. The summed E-state index contributed by atoms with van der Waals surface area (Å²) in [7, 11) is 0. The fourth-order valence-electron chi connectivity index (χ4n) is 1.31. The van der Waals surface area contributed by atoms with E-state index in [0.717, 1.165) is 0 Å². The molecule has 0 spiro atoms. The smallest absolute Gasteiger partial charge is 0.305 e. The van der Waals surface area contributed by atoms with Gasteiger partial charge in [-0.25, -0.2) is 0 Å². The molecular formula is C11H13BrN2O3. The summed E-state index contributed by atoms with van der Waals surface area (Å²) in [5, 5.41) is 11.3. The lowest BCUT2D eigenvalue weighted by Crippen LogP contribution is -2.36. The minimum Gasteiger partial charge on any atom is -0.481 e. The van der Waals surface area contributed by atoms with E-state index < -0.39 is 5.97 Å². The van der Waals surface area contributed by atoms with Crippen LogP contribution in [0.2, 0.25) is 0 Å². The molecule has 1 rings (SSSR count). The van der Waals surface area contributed by atoms with E-state index in [0.29, 0.717) is 16.5 Å². The maximum absolute atomic E-state index is 11.8. The second-order valence-corrected chi connectivity index (χ2v) is 4.48. The quantitative estimate of drug-likeness (QED) is 0.869. The number of carbonyl (C=O) groups is 2. The van der Waals surface area contributed by atoms with E-state index in [1.54, 1.807) is 12.3 Å². The highest BCUT2D eigenvalue weighted by molar-refractivity contribution is 9.10. The predicted molar refractivity (Wildman–Crippen MR) is 65.7 cm³/mol. The maximum atomic E-state index is 11.8. The van der Waals surface area contributed by atoms with Gasteiger partial charge in [0.15, 0.2) is 0 Å². The zero-order chi connectivity index (χ0) is 12.8. The van der Waals surface area contributed by atoms with Crippen LogP contribution >= 0.6 is 15.9 Å². The molecule has 2 N–H and O–H groups in total. The third kappa shape index (κ3) is 4.52. The van der Waals surface area contributed by atoms with Crippen LogP contribution in [0.5, 0.6) is 0 Å². The zero-order valence-electron chi connectivity index (χ0n) is 9.31.